The Morgan fingerprint density at radius 2 is 1.23 bits per heavy atom. The van der Waals surface area contributed by atoms with Crippen molar-refractivity contribution >= 4 is 110 Å². The lowest BCUT2D eigenvalue weighted by atomic mass is 9.95. The van der Waals surface area contributed by atoms with Crippen LogP contribution >= 0.6 is 23.5 Å². The van der Waals surface area contributed by atoms with E-state index in [2.05, 4.69) is 62.5 Å². The molecule has 0 unspecified atom stereocenters. The molecule has 8 atom stereocenters. The van der Waals surface area contributed by atoms with Crippen molar-refractivity contribution in [2.45, 2.75) is 124 Å². The van der Waals surface area contributed by atoms with Gasteiger partial charge in [0.15, 0.2) is 0 Å². The molecule has 7 aromatic rings. The molecule has 5 heterocycles. The smallest absolute Gasteiger partial charge is 0.305 e. The molecule has 99 heavy (non-hydrogen) atoms. The number of aromatic nitrogens is 4. The lowest BCUT2D eigenvalue weighted by Gasteiger charge is -2.37. The lowest BCUT2D eigenvalue weighted by molar-refractivity contribution is -0.147. The zero-order valence-corrected chi connectivity index (χ0v) is 55.3. The van der Waals surface area contributed by atoms with E-state index in [-0.39, 0.29) is 66.8 Å². The summed E-state index contributed by atoms with van der Waals surface area (Å²) in [5, 5.41) is 51.5. The maximum absolute atomic E-state index is 15.2. The number of H-pyrrole nitrogens is 3. The summed E-state index contributed by atoms with van der Waals surface area (Å²) in [6, 6.07) is 9.52. The summed E-state index contributed by atoms with van der Waals surface area (Å²) in [5.74, 6) is -11.2. The van der Waals surface area contributed by atoms with Gasteiger partial charge in [-0.25, -0.2) is 13.8 Å². The van der Waals surface area contributed by atoms with Crippen LogP contribution in [0.15, 0.2) is 110 Å². The first-order chi connectivity index (χ1) is 47.4. The summed E-state index contributed by atoms with van der Waals surface area (Å²) in [5.41, 5.74) is 8.06. The van der Waals surface area contributed by atoms with Gasteiger partial charge in [-0.2, -0.15) is 23.5 Å². The third-order valence-corrected chi connectivity index (χ3v) is 19.2. The molecule has 0 aliphatic carbocycles. The highest BCUT2D eigenvalue weighted by atomic mass is 32.2. The number of aromatic hydroxyl groups is 1. The highest BCUT2D eigenvalue weighted by molar-refractivity contribution is 7.98. The number of nitrogens with two attached hydrogens (primary N) is 1. The Morgan fingerprint density at radius 3 is 1.83 bits per heavy atom. The minimum absolute atomic E-state index is 0.0101. The number of benzene rings is 4. The molecule has 0 saturated carbocycles. The molecule has 16 N–H and O–H groups in total. The number of phenols is 1. The number of hydrogen-bond acceptors (Lipinski definition) is 16. The second-order valence-corrected chi connectivity index (χ2v) is 26.4. The number of carbonyl (C=O) groups is 11. The Hall–Kier alpha value is -10.3. The number of nitrogens with zero attached hydrogens (tertiary/aromatic N) is 2. The molecule has 1 saturated heterocycles. The molecule has 0 spiro atoms. The van der Waals surface area contributed by atoms with Gasteiger partial charge in [0, 0.05) is 114 Å². The number of aliphatic carboxylic acids is 1. The summed E-state index contributed by atoms with van der Waals surface area (Å²) in [6.45, 7) is 0.175. The molecule has 2 bridgehead atoms. The quantitative estimate of drug-likeness (QED) is 0.0776. The summed E-state index contributed by atoms with van der Waals surface area (Å²) in [6.07, 6.45) is 2.93. The predicted molar refractivity (Wildman–Crippen MR) is 360 cm³/mol. The Bertz CT molecular complexity index is 4120. The minimum atomic E-state index is -2.06. The molecule has 28 nitrogen and oxygen atoms in total. The first-order valence-corrected chi connectivity index (χ1v) is 34.1. The highest BCUT2D eigenvalue weighted by Crippen LogP contribution is 2.32. The number of aromatic amines is 3. The predicted octanol–water partition coefficient (Wildman–Crippen LogP) is 1.43. The average Bonchev–Trinajstić information content (AvgIpc) is 1.69. The van der Waals surface area contributed by atoms with E-state index in [4.69, 9.17) is 5.73 Å². The molecule has 524 valence electrons. The second kappa shape index (κ2) is 33.8. The number of phenolic OH excluding ortho intramolecular Hbond substituents is 1. The van der Waals surface area contributed by atoms with Gasteiger partial charge >= 0.3 is 5.97 Å². The van der Waals surface area contributed by atoms with Crippen LogP contribution < -0.4 is 48.3 Å². The monoisotopic (exact) mass is 1400 g/mol. The Balaban J connectivity index is 1.05. The zero-order chi connectivity index (χ0) is 70.9. The number of thioether (sulfide) groups is 2. The SMILES string of the molecule is C[C@@]12CCCN1C(=O)[C@H](Cc1ccc(O)cc1)NC(=O)[C@H](Cc1cnc[nH]1)NC(=O)[C@H](CC(=O)O)NC(=O)[C@H](Cc1c[nH]c3ccc(F)cc13)NC(=O)[C@H](Cc1c[nH]c3ccc(F)cc13)NC(=O)CNC(=O)[C@H](CCO)NC(=O)CCSCc1cccc(c1)CSC[C@@H](C(N)=O)NC2=O. The number of halogens is 2. The van der Waals surface area contributed by atoms with Crippen LogP contribution in [0.25, 0.3) is 21.8 Å². The van der Waals surface area contributed by atoms with Gasteiger partial charge in [-0.05, 0) is 103 Å². The maximum atomic E-state index is 15.2. The number of aliphatic hydroxyl groups excluding tert-OH is 1. The summed E-state index contributed by atoms with van der Waals surface area (Å²) < 4.78 is 29.7. The van der Waals surface area contributed by atoms with Gasteiger partial charge in [-0.1, -0.05) is 36.4 Å². The zero-order valence-electron chi connectivity index (χ0n) is 53.6. The molecule has 4 aromatic carbocycles. The van der Waals surface area contributed by atoms with E-state index in [9.17, 15) is 67.3 Å². The number of hydrogen-bond donors (Lipinski definition) is 15. The van der Waals surface area contributed by atoms with Gasteiger partial charge in [0.25, 0.3) is 0 Å². The number of fused-ring (bicyclic) bond motifs is 5. The van der Waals surface area contributed by atoms with Crippen LogP contribution in [0.2, 0.25) is 0 Å². The molecule has 1 fully saturated rings. The Morgan fingerprint density at radius 1 is 0.657 bits per heavy atom. The lowest BCUT2D eigenvalue weighted by Crippen LogP contribution is -2.63. The van der Waals surface area contributed by atoms with Crippen molar-refractivity contribution < 1.29 is 76.8 Å². The van der Waals surface area contributed by atoms with Gasteiger partial charge < -0.3 is 83.4 Å². The van der Waals surface area contributed by atoms with E-state index in [1.165, 1.54) is 115 Å². The fraction of sp³-hybridized carbons (Fsp3) is 0.373. The number of carboxylic acid groups (broad SMARTS) is 1. The van der Waals surface area contributed by atoms with E-state index in [0.29, 0.717) is 51.2 Å². The van der Waals surface area contributed by atoms with Crippen LogP contribution in [0, 0.1) is 11.6 Å². The largest absolute Gasteiger partial charge is 0.508 e. The van der Waals surface area contributed by atoms with Gasteiger partial charge in [-0.15, -0.1) is 0 Å². The van der Waals surface area contributed by atoms with Crippen molar-refractivity contribution in [3.05, 3.63) is 155 Å². The summed E-state index contributed by atoms with van der Waals surface area (Å²) in [7, 11) is 0. The molecule has 0 radical (unpaired) electrons. The molecule has 10 amide bonds. The number of rotatable bonds is 13. The maximum Gasteiger partial charge on any atom is 0.305 e. The number of nitrogens with one attached hydrogen (secondary N) is 11. The van der Waals surface area contributed by atoms with E-state index < -0.39 is 157 Å². The summed E-state index contributed by atoms with van der Waals surface area (Å²) >= 11 is 2.73. The van der Waals surface area contributed by atoms with Crippen molar-refractivity contribution in [1.82, 2.24) is 67.4 Å². The molecule has 9 rings (SSSR count). The summed E-state index contributed by atoms with van der Waals surface area (Å²) in [4.78, 5) is 170. The van der Waals surface area contributed by atoms with Crippen molar-refractivity contribution in [2.24, 2.45) is 5.73 Å². The second-order valence-electron chi connectivity index (χ2n) is 24.3. The normalized spacial score (nSPS) is 22.9. The fourth-order valence-electron chi connectivity index (χ4n) is 11.8. The van der Waals surface area contributed by atoms with Crippen LogP contribution in [0.3, 0.4) is 0 Å². The number of carbonyl (C=O) groups excluding carboxylic acids is 10. The van der Waals surface area contributed by atoms with E-state index in [1.807, 2.05) is 24.3 Å². The highest BCUT2D eigenvalue weighted by Gasteiger charge is 2.49. The van der Waals surface area contributed by atoms with E-state index >= 15 is 9.59 Å². The average molecular weight is 1400 g/mol. The minimum Gasteiger partial charge on any atom is -0.508 e. The van der Waals surface area contributed by atoms with E-state index in [1.54, 1.807) is 0 Å². The van der Waals surface area contributed by atoms with Crippen molar-refractivity contribution in [3.8, 4) is 5.75 Å². The third kappa shape index (κ3) is 19.7. The van der Waals surface area contributed by atoms with Crippen molar-refractivity contribution in [2.75, 3.05) is 31.2 Å². The van der Waals surface area contributed by atoms with Crippen molar-refractivity contribution in [1.29, 1.82) is 0 Å². The topological polar surface area (TPSA) is 434 Å². The van der Waals surface area contributed by atoms with Gasteiger partial charge in [0.2, 0.25) is 59.1 Å². The molecular weight excluding hydrogens is 1330 g/mol. The molecule has 3 aromatic heterocycles. The Labute approximate surface area is 573 Å². The van der Waals surface area contributed by atoms with Crippen LogP contribution in [0.1, 0.15) is 72.5 Å². The molecule has 32 heteroatoms. The first kappa shape index (κ1) is 72.9. The van der Waals surface area contributed by atoms with Crippen LogP contribution in [-0.4, -0.2) is 184 Å². The van der Waals surface area contributed by atoms with Crippen LogP contribution in [0.4, 0.5) is 8.78 Å². The fourth-order valence-corrected chi connectivity index (χ4v) is 13.7. The van der Waals surface area contributed by atoms with Gasteiger partial charge in [-0.3, -0.25) is 52.7 Å². The standard InChI is InChI=1S/C67H76F2N14O14S2/c1-67-16-3-17-83(67)65(96)54(21-36-6-10-44(85)11-7-36)81-63(94)52(26-43-30-71-35-75-43)79-64(95)53(27-58(88)89)80-62(93)51(23-40-29-73-48-13-9-42(69)25-46(40)48)78-61(92)50(22-39-28-72-47-12-8-41(68)24-45(39)47)77-57(87)31-74-60(91)49(14-18-84)76-56(86)15-19-98-32-37-4-2-5-38(20-37)33-99-34-55(59(70)90)82-66(67)97/h2,4-13,20,24-25,28-30,35,49-55,72-73,84-85H,3,14-19,21-23,26-27,31-34H2,1H3,(H2,70,90)(H,71,75)(H,74,91)(H,76,86)(H,77,87)(H,78,92)(H,79,95)(H,80,93)(H,81,94)(H,82,97)(H,88,89)/t49-,50-,51-,52-,53-,54-,55-,67-/m0/s1. The Kier molecular flexibility index (Phi) is 24.9. The molecule has 2 aliphatic heterocycles. The van der Waals surface area contributed by atoms with Crippen LogP contribution in [0.5, 0.6) is 5.75 Å². The number of amides is 10. The van der Waals surface area contributed by atoms with Crippen molar-refractivity contribution in [3.63, 3.8) is 0 Å². The molecule has 2 aliphatic rings. The van der Waals surface area contributed by atoms with Gasteiger partial charge in [0.05, 0.1) is 19.3 Å². The third-order valence-electron chi connectivity index (χ3n) is 17.0. The van der Waals surface area contributed by atoms with Gasteiger partial charge in [0.1, 0.15) is 65.2 Å². The van der Waals surface area contributed by atoms with E-state index in [0.717, 1.165) is 17.2 Å². The number of carboxylic acids is 1. The first-order valence-electron chi connectivity index (χ1n) is 31.7. The number of imidazole rings is 1. The van der Waals surface area contributed by atoms with Crippen LogP contribution in [-0.2, 0) is 89.9 Å². The number of primary amides is 1. The molecular formula is C67H76F2N14O14S2. The number of aliphatic hydroxyl groups is 1.